The third-order valence-corrected chi connectivity index (χ3v) is 5.95. The van der Waals surface area contributed by atoms with Crippen LogP contribution < -0.4 is 10.2 Å². The Morgan fingerprint density at radius 2 is 2.00 bits per heavy atom. The number of allylic oxidation sites excluding steroid dienone is 1. The average Bonchev–Trinajstić information content (AvgIpc) is 3.19. The number of nitrogens with zero attached hydrogens (tertiary/aromatic N) is 2. The summed E-state index contributed by atoms with van der Waals surface area (Å²) in [5.74, 6) is -0.446. The summed E-state index contributed by atoms with van der Waals surface area (Å²) in [5.41, 5.74) is 2.45. The van der Waals surface area contributed by atoms with E-state index in [1.807, 2.05) is 0 Å². The summed E-state index contributed by atoms with van der Waals surface area (Å²) in [5, 5.41) is 2.95. The predicted octanol–water partition coefficient (Wildman–Crippen LogP) is 2.64. The lowest BCUT2D eigenvalue weighted by Crippen LogP contribution is -2.48. The van der Waals surface area contributed by atoms with Gasteiger partial charge in [-0.05, 0) is 57.1 Å². The van der Waals surface area contributed by atoms with E-state index in [-0.39, 0.29) is 24.3 Å². The minimum Gasteiger partial charge on any atom is -0.354 e. The fraction of sp³-hybridized carbons (Fsp3) is 0.500. The van der Waals surface area contributed by atoms with Crippen LogP contribution in [0, 0.1) is 0 Å². The number of amides is 3. The minimum absolute atomic E-state index is 0.0491. The summed E-state index contributed by atoms with van der Waals surface area (Å²) in [7, 11) is 0. The molecular formula is C22H27N3O3. The van der Waals surface area contributed by atoms with E-state index < -0.39 is 6.04 Å². The molecule has 1 atom stereocenters. The van der Waals surface area contributed by atoms with Gasteiger partial charge in [0.25, 0.3) is 5.91 Å². The number of para-hydroxylation sites is 1. The van der Waals surface area contributed by atoms with E-state index in [0.29, 0.717) is 30.8 Å². The van der Waals surface area contributed by atoms with Gasteiger partial charge >= 0.3 is 0 Å². The highest BCUT2D eigenvalue weighted by Gasteiger charge is 2.42. The van der Waals surface area contributed by atoms with Crippen molar-refractivity contribution in [1.29, 1.82) is 0 Å². The van der Waals surface area contributed by atoms with Gasteiger partial charge in [-0.2, -0.15) is 0 Å². The molecule has 1 aromatic carbocycles. The molecule has 2 heterocycles. The molecule has 3 aliphatic rings. The first-order chi connectivity index (χ1) is 13.6. The number of hydrogen-bond acceptors (Lipinski definition) is 3. The van der Waals surface area contributed by atoms with Crippen LogP contribution in [-0.2, 0) is 9.59 Å². The van der Waals surface area contributed by atoms with E-state index in [2.05, 4.69) is 11.4 Å². The predicted molar refractivity (Wildman–Crippen MR) is 107 cm³/mol. The molecule has 0 aromatic heterocycles. The lowest BCUT2D eigenvalue weighted by Gasteiger charge is -2.25. The summed E-state index contributed by atoms with van der Waals surface area (Å²) in [4.78, 5) is 41.7. The second-order valence-corrected chi connectivity index (χ2v) is 7.81. The summed E-state index contributed by atoms with van der Waals surface area (Å²) in [6.07, 6.45) is 9.36. The molecule has 0 radical (unpaired) electrons. The molecule has 3 amide bonds. The minimum atomic E-state index is -0.458. The number of hydrogen-bond donors (Lipinski definition) is 1. The maximum absolute atomic E-state index is 13.1. The Bertz CT molecular complexity index is 817. The molecule has 1 saturated heterocycles. The number of anilines is 1. The van der Waals surface area contributed by atoms with E-state index in [1.165, 1.54) is 23.3 Å². The van der Waals surface area contributed by atoms with E-state index in [1.54, 1.807) is 29.2 Å². The Morgan fingerprint density at radius 3 is 2.82 bits per heavy atom. The van der Waals surface area contributed by atoms with Gasteiger partial charge in [0.2, 0.25) is 11.8 Å². The van der Waals surface area contributed by atoms with Crippen LogP contribution in [-0.4, -0.2) is 48.3 Å². The average molecular weight is 381 g/mol. The van der Waals surface area contributed by atoms with Crippen LogP contribution in [0.25, 0.3) is 0 Å². The van der Waals surface area contributed by atoms with Crippen LogP contribution in [0.3, 0.4) is 0 Å². The Balaban J connectivity index is 1.46. The summed E-state index contributed by atoms with van der Waals surface area (Å²) in [6, 6.07) is 6.64. The summed E-state index contributed by atoms with van der Waals surface area (Å²) < 4.78 is 0. The molecule has 2 aliphatic heterocycles. The third-order valence-electron chi connectivity index (χ3n) is 5.95. The van der Waals surface area contributed by atoms with Gasteiger partial charge in [0.1, 0.15) is 12.6 Å². The molecule has 0 bridgehead atoms. The normalized spacial score (nSPS) is 21.7. The molecule has 1 aromatic rings. The highest BCUT2D eigenvalue weighted by molar-refractivity contribution is 6.12. The van der Waals surface area contributed by atoms with Crippen molar-refractivity contribution in [2.75, 3.05) is 24.5 Å². The SMILES string of the molecule is O=C(CN1C(=O)C2CCCN2C(=O)c2ccccc21)NCCC1=CCCCC1. The van der Waals surface area contributed by atoms with Crippen LogP contribution in [0.1, 0.15) is 55.3 Å². The molecule has 0 spiro atoms. The van der Waals surface area contributed by atoms with E-state index in [0.717, 1.165) is 25.7 Å². The Kier molecular flexibility index (Phi) is 5.46. The fourth-order valence-corrected chi connectivity index (χ4v) is 4.47. The van der Waals surface area contributed by atoms with Crippen LogP contribution in [0.15, 0.2) is 35.9 Å². The molecule has 0 saturated carbocycles. The lowest BCUT2D eigenvalue weighted by molar-refractivity contribution is -0.125. The molecule has 1 unspecified atom stereocenters. The highest BCUT2D eigenvalue weighted by Crippen LogP contribution is 2.32. The molecule has 6 heteroatoms. The van der Waals surface area contributed by atoms with Crippen molar-refractivity contribution in [1.82, 2.24) is 10.2 Å². The Morgan fingerprint density at radius 1 is 1.14 bits per heavy atom. The number of carbonyl (C=O) groups excluding carboxylic acids is 3. The van der Waals surface area contributed by atoms with Crippen molar-refractivity contribution >= 4 is 23.4 Å². The number of rotatable bonds is 5. The zero-order chi connectivity index (χ0) is 19.5. The molecule has 28 heavy (non-hydrogen) atoms. The third kappa shape index (κ3) is 3.68. The van der Waals surface area contributed by atoms with Crippen molar-refractivity contribution < 1.29 is 14.4 Å². The number of nitrogens with one attached hydrogen (secondary N) is 1. The first-order valence-corrected chi connectivity index (χ1v) is 10.3. The van der Waals surface area contributed by atoms with Crippen LogP contribution in [0.4, 0.5) is 5.69 Å². The number of carbonyl (C=O) groups is 3. The van der Waals surface area contributed by atoms with Gasteiger partial charge < -0.3 is 15.1 Å². The first-order valence-electron chi connectivity index (χ1n) is 10.3. The second-order valence-electron chi connectivity index (χ2n) is 7.81. The maximum Gasteiger partial charge on any atom is 0.256 e. The van der Waals surface area contributed by atoms with Crippen molar-refractivity contribution in [3.8, 4) is 0 Å². The monoisotopic (exact) mass is 381 g/mol. The molecule has 6 nitrogen and oxygen atoms in total. The van der Waals surface area contributed by atoms with Crippen molar-refractivity contribution in [3.63, 3.8) is 0 Å². The molecule has 4 rings (SSSR count). The summed E-state index contributed by atoms with van der Waals surface area (Å²) in [6.45, 7) is 1.13. The quantitative estimate of drug-likeness (QED) is 0.797. The van der Waals surface area contributed by atoms with Gasteiger partial charge in [-0.1, -0.05) is 23.8 Å². The molecule has 1 N–H and O–H groups in total. The lowest BCUT2D eigenvalue weighted by atomic mass is 9.97. The first kappa shape index (κ1) is 18.7. The molecule has 1 aliphatic carbocycles. The zero-order valence-corrected chi connectivity index (χ0v) is 16.2. The second kappa shape index (κ2) is 8.17. The summed E-state index contributed by atoms with van der Waals surface area (Å²) >= 11 is 0. The standard InChI is InChI=1S/C22H27N3O3/c26-20(23-13-12-16-7-2-1-3-8-16)15-25-18-10-5-4-9-17(18)21(27)24-14-6-11-19(24)22(25)28/h4-5,7,9-10,19H,1-3,6,8,11-15H2,(H,23,26). The number of benzene rings is 1. The van der Waals surface area contributed by atoms with E-state index in [4.69, 9.17) is 0 Å². The number of fused-ring (bicyclic) bond motifs is 2. The van der Waals surface area contributed by atoms with Gasteiger partial charge in [-0.15, -0.1) is 0 Å². The Hall–Kier alpha value is -2.63. The zero-order valence-electron chi connectivity index (χ0n) is 16.2. The Labute approximate surface area is 165 Å². The van der Waals surface area contributed by atoms with Gasteiger partial charge in [0, 0.05) is 13.1 Å². The van der Waals surface area contributed by atoms with E-state index >= 15 is 0 Å². The van der Waals surface area contributed by atoms with Crippen molar-refractivity contribution in [2.45, 2.75) is 51.0 Å². The van der Waals surface area contributed by atoms with Gasteiger partial charge in [-0.3, -0.25) is 14.4 Å². The van der Waals surface area contributed by atoms with Crippen LogP contribution >= 0.6 is 0 Å². The highest BCUT2D eigenvalue weighted by atomic mass is 16.2. The topological polar surface area (TPSA) is 69.7 Å². The van der Waals surface area contributed by atoms with E-state index in [9.17, 15) is 14.4 Å². The maximum atomic E-state index is 13.1. The fourth-order valence-electron chi connectivity index (χ4n) is 4.47. The van der Waals surface area contributed by atoms with Gasteiger partial charge in [0.05, 0.1) is 11.3 Å². The van der Waals surface area contributed by atoms with Gasteiger partial charge in [0.15, 0.2) is 0 Å². The largest absolute Gasteiger partial charge is 0.354 e. The van der Waals surface area contributed by atoms with Crippen LogP contribution in [0.2, 0.25) is 0 Å². The van der Waals surface area contributed by atoms with Crippen molar-refractivity contribution in [3.05, 3.63) is 41.5 Å². The smallest absolute Gasteiger partial charge is 0.256 e. The molecular weight excluding hydrogens is 354 g/mol. The van der Waals surface area contributed by atoms with Crippen molar-refractivity contribution in [2.24, 2.45) is 0 Å². The molecule has 148 valence electrons. The van der Waals surface area contributed by atoms with Crippen LogP contribution in [0.5, 0.6) is 0 Å². The molecule has 1 fully saturated rings. The van der Waals surface area contributed by atoms with Gasteiger partial charge in [-0.25, -0.2) is 0 Å².